The van der Waals surface area contributed by atoms with E-state index in [-0.39, 0.29) is 0 Å². The van der Waals surface area contributed by atoms with Crippen LogP contribution < -0.4 is 5.32 Å². The van der Waals surface area contributed by atoms with E-state index >= 15 is 0 Å². The quantitative estimate of drug-likeness (QED) is 0.912. The van der Waals surface area contributed by atoms with Gasteiger partial charge >= 0.3 is 6.18 Å². The van der Waals surface area contributed by atoms with E-state index in [1.807, 2.05) is 28.8 Å². The standard InChI is InChI=1S/C14H16F3N3/c1-11(8-14(15,16)17)19-9-12-4-2-3-5-13(12)20-7-6-18-10-20/h2-7,10-11,19H,8-9H2,1H3/t11-/m0/s1. The van der Waals surface area contributed by atoms with Gasteiger partial charge in [-0.25, -0.2) is 4.98 Å². The highest BCUT2D eigenvalue weighted by atomic mass is 19.4. The highest BCUT2D eigenvalue weighted by Gasteiger charge is 2.29. The van der Waals surface area contributed by atoms with Crippen LogP contribution in [0.5, 0.6) is 0 Å². The molecule has 0 spiro atoms. The molecule has 0 aliphatic rings. The summed E-state index contributed by atoms with van der Waals surface area (Å²) in [5.74, 6) is 0. The second-order valence-corrected chi connectivity index (χ2v) is 4.70. The molecule has 0 radical (unpaired) electrons. The van der Waals surface area contributed by atoms with Crippen molar-refractivity contribution in [2.45, 2.75) is 32.1 Å². The van der Waals surface area contributed by atoms with Gasteiger partial charge in [-0.3, -0.25) is 0 Å². The van der Waals surface area contributed by atoms with Crippen LogP contribution in [0, 0.1) is 0 Å². The fourth-order valence-electron chi connectivity index (χ4n) is 2.02. The molecule has 0 aliphatic heterocycles. The molecule has 3 nitrogen and oxygen atoms in total. The molecule has 1 aromatic heterocycles. The number of rotatable bonds is 5. The second kappa shape index (κ2) is 6.09. The van der Waals surface area contributed by atoms with Crippen molar-refractivity contribution in [2.75, 3.05) is 0 Å². The molecule has 0 bridgehead atoms. The molecular formula is C14H16F3N3. The predicted octanol–water partition coefficient (Wildman–Crippen LogP) is 3.30. The van der Waals surface area contributed by atoms with Crippen LogP contribution in [0.2, 0.25) is 0 Å². The lowest BCUT2D eigenvalue weighted by molar-refractivity contribution is -0.139. The maximum atomic E-state index is 12.3. The molecule has 1 N–H and O–H groups in total. The minimum Gasteiger partial charge on any atom is -0.310 e. The van der Waals surface area contributed by atoms with Gasteiger partial charge in [0.2, 0.25) is 0 Å². The molecule has 1 atom stereocenters. The number of hydrogen-bond acceptors (Lipinski definition) is 2. The maximum absolute atomic E-state index is 12.3. The van der Waals surface area contributed by atoms with Crippen molar-refractivity contribution in [2.24, 2.45) is 0 Å². The molecule has 0 saturated heterocycles. The Balaban J connectivity index is 2.04. The monoisotopic (exact) mass is 283 g/mol. The molecule has 0 unspecified atom stereocenters. The molecule has 0 amide bonds. The zero-order chi connectivity index (χ0) is 14.6. The van der Waals surface area contributed by atoms with Gasteiger partial charge in [0.1, 0.15) is 0 Å². The van der Waals surface area contributed by atoms with Crippen molar-refractivity contribution in [3.8, 4) is 5.69 Å². The van der Waals surface area contributed by atoms with Crippen molar-refractivity contribution in [3.63, 3.8) is 0 Å². The fourth-order valence-corrected chi connectivity index (χ4v) is 2.02. The first-order valence-electron chi connectivity index (χ1n) is 6.32. The number of nitrogens with one attached hydrogen (secondary N) is 1. The lowest BCUT2D eigenvalue weighted by atomic mass is 10.1. The third kappa shape index (κ3) is 4.09. The van der Waals surface area contributed by atoms with Gasteiger partial charge in [0.15, 0.2) is 0 Å². The SMILES string of the molecule is C[C@@H](CC(F)(F)F)NCc1ccccc1-n1ccnc1. The van der Waals surface area contributed by atoms with Crippen LogP contribution in [0.1, 0.15) is 18.9 Å². The van der Waals surface area contributed by atoms with Crippen LogP contribution in [-0.4, -0.2) is 21.8 Å². The summed E-state index contributed by atoms with van der Waals surface area (Å²) >= 11 is 0. The average molecular weight is 283 g/mol. The molecule has 1 aromatic carbocycles. The first kappa shape index (κ1) is 14.6. The minimum atomic E-state index is -4.14. The molecule has 2 aromatic rings. The number of alkyl halides is 3. The Labute approximate surface area is 115 Å². The van der Waals surface area contributed by atoms with Crippen molar-refractivity contribution < 1.29 is 13.2 Å². The van der Waals surface area contributed by atoms with Gasteiger partial charge < -0.3 is 9.88 Å². The summed E-state index contributed by atoms with van der Waals surface area (Å²) in [7, 11) is 0. The van der Waals surface area contributed by atoms with Crippen molar-refractivity contribution in [3.05, 3.63) is 48.5 Å². The summed E-state index contributed by atoms with van der Waals surface area (Å²) in [5.41, 5.74) is 1.84. The zero-order valence-corrected chi connectivity index (χ0v) is 11.1. The number of aromatic nitrogens is 2. The summed E-state index contributed by atoms with van der Waals surface area (Å²) in [6, 6.07) is 6.94. The smallest absolute Gasteiger partial charge is 0.310 e. The van der Waals surface area contributed by atoms with E-state index in [1.54, 1.807) is 18.7 Å². The number of para-hydroxylation sites is 1. The largest absolute Gasteiger partial charge is 0.390 e. The Morgan fingerprint density at radius 1 is 1.30 bits per heavy atom. The number of halogens is 3. The highest BCUT2D eigenvalue weighted by molar-refractivity contribution is 5.40. The molecule has 6 heteroatoms. The molecule has 0 fully saturated rings. The lowest BCUT2D eigenvalue weighted by Gasteiger charge is -2.17. The molecular weight excluding hydrogens is 267 g/mol. The van der Waals surface area contributed by atoms with Gasteiger partial charge in [0.05, 0.1) is 18.4 Å². The molecule has 1 heterocycles. The Kier molecular flexibility index (Phi) is 4.44. The average Bonchev–Trinajstić information content (AvgIpc) is 2.88. The van der Waals surface area contributed by atoms with Gasteiger partial charge in [-0.2, -0.15) is 13.2 Å². The van der Waals surface area contributed by atoms with Crippen LogP contribution in [0.3, 0.4) is 0 Å². The first-order chi connectivity index (χ1) is 9.46. The Hall–Kier alpha value is -1.82. The minimum absolute atomic E-state index is 0.381. The normalized spacial score (nSPS) is 13.4. The van der Waals surface area contributed by atoms with E-state index in [4.69, 9.17) is 0 Å². The Morgan fingerprint density at radius 3 is 2.70 bits per heavy atom. The molecule has 0 saturated carbocycles. The summed E-state index contributed by atoms with van der Waals surface area (Å²) in [6.45, 7) is 1.92. The van der Waals surface area contributed by atoms with E-state index < -0.39 is 18.6 Å². The third-order valence-electron chi connectivity index (χ3n) is 2.95. The van der Waals surface area contributed by atoms with E-state index in [2.05, 4.69) is 10.3 Å². The van der Waals surface area contributed by atoms with Crippen LogP contribution >= 0.6 is 0 Å². The molecule has 2 rings (SSSR count). The molecule has 20 heavy (non-hydrogen) atoms. The maximum Gasteiger partial charge on any atom is 0.390 e. The lowest BCUT2D eigenvalue weighted by Crippen LogP contribution is -2.31. The van der Waals surface area contributed by atoms with Crippen molar-refractivity contribution in [1.82, 2.24) is 14.9 Å². The second-order valence-electron chi connectivity index (χ2n) is 4.70. The van der Waals surface area contributed by atoms with Crippen LogP contribution in [0.25, 0.3) is 5.69 Å². The summed E-state index contributed by atoms with van der Waals surface area (Å²) in [5, 5.41) is 2.90. The summed E-state index contributed by atoms with van der Waals surface area (Å²) in [4.78, 5) is 3.98. The predicted molar refractivity (Wildman–Crippen MR) is 70.5 cm³/mol. The third-order valence-corrected chi connectivity index (χ3v) is 2.95. The number of hydrogen-bond donors (Lipinski definition) is 1. The van der Waals surface area contributed by atoms with Crippen molar-refractivity contribution >= 4 is 0 Å². The van der Waals surface area contributed by atoms with Crippen molar-refractivity contribution in [1.29, 1.82) is 0 Å². The molecule has 108 valence electrons. The van der Waals surface area contributed by atoms with Gasteiger partial charge in [-0.15, -0.1) is 0 Å². The number of imidazole rings is 1. The van der Waals surface area contributed by atoms with E-state index in [1.165, 1.54) is 6.92 Å². The van der Waals surface area contributed by atoms with E-state index in [9.17, 15) is 13.2 Å². The highest BCUT2D eigenvalue weighted by Crippen LogP contribution is 2.22. The molecule has 0 aliphatic carbocycles. The van der Waals surface area contributed by atoms with Gasteiger partial charge in [-0.05, 0) is 18.6 Å². The Bertz CT molecular complexity index is 535. The summed E-state index contributed by atoms with van der Waals surface area (Å²) in [6.07, 6.45) is 0.156. The van der Waals surface area contributed by atoms with Gasteiger partial charge in [0, 0.05) is 25.0 Å². The van der Waals surface area contributed by atoms with E-state index in [0.29, 0.717) is 6.54 Å². The van der Waals surface area contributed by atoms with E-state index in [0.717, 1.165) is 11.3 Å². The topological polar surface area (TPSA) is 29.9 Å². The van der Waals surface area contributed by atoms with Crippen LogP contribution in [0.15, 0.2) is 43.0 Å². The van der Waals surface area contributed by atoms with Gasteiger partial charge in [-0.1, -0.05) is 18.2 Å². The van der Waals surface area contributed by atoms with Crippen LogP contribution in [0.4, 0.5) is 13.2 Å². The Morgan fingerprint density at radius 2 is 2.05 bits per heavy atom. The van der Waals surface area contributed by atoms with Gasteiger partial charge in [0.25, 0.3) is 0 Å². The first-order valence-corrected chi connectivity index (χ1v) is 6.32. The zero-order valence-electron chi connectivity index (χ0n) is 11.1. The number of nitrogens with zero attached hydrogens (tertiary/aromatic N) is 2. The number of benzene rings is 1. The fraction of sp³-hybridized carbons (Fsp3) is 0.357. The summed E-state index contributed by atoms with van der Waals surface area (Å²) < 4.78 is 38.7. The van der Waals surface area contributed by atoms with Crippen LogP contribution in [-0.2, 0) is 6.54 Å².